The Morgan fingerprint density at radius 3 is 2.28 bits per heavy atom. The Labute approximate surface area is 142 Å². The summed E-state index contributed by atoms with van der Waals surface area (Å²) in [5, 5.41) is 11.4. The Balaban J connectivity index is 1.77. The maximum atomic E-state index is 12.3. The first kappa shape index (κ1) is 16.4. The molecule has 0 fully saturated rings. The van der Waals surface area contributed by atoms with Crippen LogP contribution in [0, 0.1) is 0 Å². The number of rotatable bonds is 4. The fourth-order valence-electron chi connectivity index (χ4n) is 2.59. The molecule has 126 valence electrons. The zero-order chi connectivity index (χ0) is 18.1. The number of carboxylic acids is 1. The highest BCUT2D eigenvalue weighted by Crippen LogP contribution is 2.23. The predicted molar refractivity (Wildman–Crippen MR) is 88.6 cm³/mol. The third-order valence-electron chi connectivity index (χ3n) is 3.92. The number of carbonyl (C=O) groups excluding carboxylic acids is 3. The van der Waals surface area contributed by atoms with Crippen LogP contribution < -0.4 is 5.32 Å². The lowest BCUT2D eigenvalue weighted by Crippen LogP contribution is -2.24. The van der Waals surface area contributed by atoms with Crippen molar-refractivity contribution in [2.24, 2.45) is 0 Å². The smallest absolute Gasteiger partial charge is 0.307 e. The van der Waals surface area contributed by atoms with Gasteiger partial charge in [0.2, 0.25) is 0 Å². The van der Waals surface area contributed by atoms with E-state index in [0.717, 1.165) is 4.90 Å². The molecule has 3 amide bonds. The van der Waals surface area contributed by atoms with Crippen LogP contribution in [0.3, 0.4) is 0 Å². The summed E-state index contributed by atoms with van der Waals surface area (Å²) >= 11 is 0. The number of amides is 3. The number of hydrogen-bond acceptors (Lipinski definition) is 4. The summed E-state index contributed by atoms with van der Waals surface area (Å²) in [7, 11) is 1.39. The Morgan fingerprint density at radius 1 is 1.00 bits per heavy atom. The Kier molecular flexibility index (Phi) is 4.06. The Bertz CT molecular complexity index is 902. The minimum Gasteiger partial charge on any atom is -0.481 e. The van der Waals surface area contributed by atoms with Crippen LogP contribution in [-0.4, -0.2) is 40.7 Å². The lowest BCUT2D eigenvalue weighted by atomic mass is 10.1. The largest absolute Gasteiger partial charge is 0.481 e. The van der Waals surface area contributed by atoms with Crippen LogP contribution in [0.1, 0.15) is 36.6 Å². The van der Waals surface area contributed by atoms with Crippen molar-refractivity contribution >= 4 is 29.4 Å². The summed E-state index contributed by atoms with van der Waals surface area (Å²) in [5.41, 5.74) is 1.86. The van der Waals surface area contributed by atoms with Crippen molar-refractivity contribution in [2.45, 2.75) is 6.42 Å². The van der Waals surface area contributed by atoms with Gasteiger partial charge in [-0.15, -0.1) is 0 Å². The molecule has 3 rings (SSSR count). The SMILES string of the molecule is CN1C(=O)c2ccc(C(=O)Nc3ccc(CC(=O)O)cc3)cc2C1=O. The number of imide groups is 1. The van der Waals surface area contributed by atoms with E-state index in [4.69, 9.17) is 5.11 Å². The second-order valence-corrected chi connectivity index (χ2v) is 5.65. The Morgan fingerprint density at radius 2 is 1.64 bits per heavy atom. The molecule has 1 aliphatic heterocycles. The quantitative estimate of drug-likeness (QED) is 0.827. The van der Waals surface area contributed by atoms with Gasteiger partial charge < -0.3 is 10.4 Å². The van der Waals surface area contributed by atoms with E-state index in [0.29, 0.717) is 11.3 Å². The number of carbonyl (C=O) groups is 4. The van der Waals surface area contributed by atoms with Crippen molar-refractivity contribution in [1.29, 1.82) is 0 Å². The zero-order valence-corrected chi connectivity index (χ0v) is 13.3. The van der Waals surface area contributed by atoms with E-state index in [1.165, 1.54) is 25.2 Å². The van der Waals surface area contributed by atoms with Gasteiger partial charge in [-0.1, -0.05) is 12.1 Å². The monoisotopic (exact) mass is 338 g/mol. The molecule has 0 radical (unpaired) electrons. The van der Waals surface area contributed by atoms with Crippen molar-refractivity contribution in [1.82, 2.24) is 4.90 Å². The highest BCUT2D eigenvalue weighted by molar-refractivity contribution is 6.22. The molecule has 2 aromatic carbocycles. The second kappa shape index (κ2) is 6.20. The van der Waals surface area contributed by atoms with E-state index in [-0.39, 0.29) is 29.0 Å². The third kappa shape index (κ3) is 3.12. The minimum absolute atomic E-state index is 0.0945. The number of nitrogens with zero attached hydrogens (tertiary/aromatic N) is 1. The fourth-order valence-corrected chi connectivity index (χ4v) is 2.59. The van der Waals surface area contributed by atoms with Gasteiger partial charge in [0.25, 0.3) is 17.7 Å². The van der Waals surface area contributed by atoms with Gasteiger partial charge >= 0.3 is 5.97 Å². The van der Waals surface area contributed by atoms with Gasteiger partial charge in [-0.05, 0) is 35.9 Å². The number of benzene rings is 2. The summed E-state index contributed by atoms with van der Waals surface area (Å²) in [6.07, 6.45) is -0.0945. The van der Waals surface area contributed by atoms with Crippen LogP contribution in [0.15, 0.2) is 42.5 Å². The van der Waals surface area contributed by atoms with Crippen molar-refractivity contribution in [3.63, 3.8) is 0 Å². The topological polar surface area (TPSA) is 104 Å². The summed E-state index contributed by atoms with van der Waals surface area (Å²) in [4.78, 5) is 47.8. The minimum atomic E-state index is -0.931. The standard InChI is InChI=1S/C18H14N2O5/c1-20-17(24)13-7-4-11(9-14(13)18(20)25)16(23)19-12-5-2-10(3-6-12)8-15(21)22/h2-7,9H,8H2,1H3,(H,19,23)(H,21,22). The van der Waals surface area contributed by atoms with Crippen molar-refractivity contribution < 1.29 is 24.3 Å². The van der Waals surface area contributed by atoms with Gasteiger partial charge in [-0.2, -0.15) is 0 Å². The third-order valence-corrected chi connectivity index (χ3v) is 3.92. The van der Waals surface area contributed by atoms with Gasteiger partial charge in [-0.3, -0.25) is 24.1 Å². The van der Waals surface area contributed by atoms with Crippen LogP contribution in [0.25, 0.3) is 0 Å². The molecule has 1 heterocycles. The predicted octanol–water partition coefficient (Wildman–Crippen LogP) is 1.79. The average Bonchev–Trinajstić information content (AvgIpc) is 2.80. The molecule has 0 unspecified atom stereocenters. The molecule has 7 nitrogen and oxygen atoms in total. The molecule has 25 heavy (non-hydrogen) atoms. The molecule has 2 aromatic rings. The lowest BCUT2D eigenvalue weighted by molar-refractivity contribution is -0.136. The van der Waals surface area contributed by atoms with E-state index in [1.807, 2.05) is 0 Å². The number of carboxylic acid groups (broad SMARTS) is 1. The van der Waals surface area contributed by atoms with Gasteiger partial charge in [0.1, 0.15) is 0 Å². The molecule has 7 heteroatoms. The van der Waals surface area contributed by atoms with Crippen LogP contribution in [0.4, 0.5) is 5.69 Å². The molecular formula is C18H14N2O5. The van der Waals surface area contributed by atoms with Crippen molar-refractivity contribution in [3.8, 4) is 0 Å². The first-order valence-electron chi connectivity index (χ1n) is 7.45. The fraction of sp³-hybridized carbons (Fsp3) is 0.111. The first-order valence-corrected chi connectivity index (χ1v) is 7.45. The molecule has 0 aromatic heterocycles. The molecule has 0 saturated carbocycles. The maximum absolute atomic E-state index is 12.3. The maximum Gasteiger partial charge on any atom is 0.307 e. The molecule has 0 aliphatic carbocycles. The average molecular weight is 338 g/mol. The van der Waals surface area contributed by atoms with Gasteiger partial charge in [0.15, 0.2) is 0 Å². The van der Waals surface area contributed by atoms with E-state index in [2.05, 4.69) is 5.32 Å². The Hall–Kier alpha value is -3.48. The van der Waals surface area contributed by atoms with Gasteiger partial charge in [0.05, 0.1) is 17.5 Å². The molecule has 0 spiro atoms. The highest BCUT2D eigenvalue weighted by atomic mass is 16.4. The zero-order valence-electron chi connectivity index (χ0n) is 13.3. The van der Waals surface area contributed by atoms with E-state index in [9.17, 15) is 19.2 Å². The van der Waals surface area contributed by atoms with Gasteiger partial charge in [0, 0.05) is 18.3 Å². The normalized spacial score (nSPS) is 12.9. The second-order valence-electron chi connectivity index (χ2n) is 5.65. The number of anilines is 1. The summed E-state index contributed by atoms with van der Waals surface area (Å²) in [6.45, 7) is 0. The molecular weight excluding hydrogens is 324 g/mol. The summed E-state index contributed by atoms with van der Waals surface area (Å²) < 4.78 is 0. The van der Waals surface area contributed by atoms with Crippen molar-refractivity contribution in [3.05, 3.63) is 64.7 Å². The molecule has 2 N–H and O–H groups in total. The summed E-state index contributed by atoms with van der Waals surface area (Å²) in [6, 6.07) is 10.8. The molecule has 0 bridgehead atoms. The van der Waals surface area contributed by atoms with Crippen LogP contribution >= 0.6 is 0 Å². The van der Waals surface area contributed by atoms with Crippen LogP contribution in [0.2, 0.25) is 0 Å². The molecule has 0 atom stereocenters. The number of fused-ring (bicyclic) bond motifs is 1. The lowest BCUT2D eigenvalue weighted by Gasteiger charge is -2.07. The van der Waals surface area contributed by atoms with Crippen LogP contribution in [-0.2, 0) is 11.2 Å². The van der Waals surface area contributed by atoms with Crippen LogP contribution in [0.5, 0.6) is 0 Å². The molecule has 0 saturated heterocycles. The van der Waals surface area contributed by atoms with E-state index < -0.39 is 17.8 Å². The summed E-state index contributed by atoms with van der Waals surface area (Å²) in [5.74, 6) is -2.18. The first-order chi connectivity index (χ1) is 11.9. The molecule has 1 aliphatic rings. The van der Waals surface area contributed by atoms with Gasteiger partial charge in [-0.25, -0.2) is 0 Å². The number of aliphatic carboxylic acids is 1. The van der Waals surface area contributed by atoms with E-state index >= 15 is 0 Å². The number of hydrogen-bond donors (Lipinski definition) is 2. The highest BCUT2D eigenvalue weighted by Gasteiger charge is 2.33. The van der Waals surface area contributed by atoms with E-state index in [1.54, 1.807) is 24.3 Å². The number of nitrogens with one attached hydrogen (secondary N) is 1. The van der Waals surface area contributed by atoms with Crippen molar-refractivity contribution in [2.75, 3.05) is 12.4 Å².